The van der Waals surface area contributed by atoms with Gasteiger partial charge in [-0.05, 0) is 18.4 Å². The third kappa shape index (κ3) is 3.03. The number of hydrogen-bond donors (Lipinski definition) is 1. The Balaban J connectivity index is 1.73. The van der Waals surface area contributed by atoms with E-state index in [1.807, 2.05) is 12.3 Å². The summed E-state index contributed by atoms with van der Waals surface area (Å²) in [6.07, 6.45) is 5.89. The van der Waals surface area contributed by atoms with Gasteiger partial charge in [-0.15, -0.1) is 0 Å². The van der Waals surface area contributed by atoms with Gasteiger partial charge in [-0.1, -0.05) is 12.1 Å². The number of nitro benzene ring substituents is 1. The summed E-state index contributed by atoms with van der Waals surface area (Å²) in [6.45, 7) is 1.53. The number of hydrogen-bond acceptors (Lipinski definition) is 4. The fourth-order valence-electron chi connectivity index (χ4n) is 2.35. The van der Waals surface area contributed by atoms with E-state index in [1.165, 1.54) is 18.9 Å². The van der Waals surface area contributed by atoms with Crippen LogP contribution in [0.25, 0.3) is 0 Å². The van der Waals surface area contributed by atoms with Crippen molar-refractivity contribution in [1.82, 2.24) is 14.9 Å². The van der Waals surface area contributed by atoms with Gasteiger partial charge in [0, 0.05) is 43.2 Å². The summed E-state index contributed by atoms with van der Waals surface area (Å²) in [5, 5.41) is 10.8. The third-order valence-corrected chi connectivity index (χ3v) is 3.50. The van der Waals surface area contributed by atoms with Crippen LogP contribution < -0.4 is 0 Å². The fourth-order valence-corrected chi connectivity index (χ4v) is 2.35. The van der Waals surface area contributed by atoms with Crippen LogP contribution in [0.5, 0.6) is 0 Å². The SMILES string of the molecule is O=[N+]([O-])c1cccc(CN(Cc2cnc[nH]2)C2CC2)c1. The minimum atomic E-state index is -0.347. The number of imidazole rings is 1. The maximum Gasteiger partial charge on any atom is 0.269 e. The molecule has 1 saturated carbocycles. The molecule has 1 heterocycles. The smallest absolute Gasteiger partial charge is 0.269 e. The predicted molar refractivity (Wildman–Crippen MR) is 74.0 cm³/mol. The Labute approximate surface area is 116 Å². The highest BCUT2D eigenvalue weighted by Crippen LogP contribution is 2.30. The van der Waals surface area contributed by atoms with Crippen molar-refractivity contribution in [3.63, 3.8) is 0 Å². The van der Waals surface area contributed by atoms with Crippen LogP contribution in [0.15, 0.2) is 36.8 Å². The first-order valence-corrected chi connectivity index (χ1v) is 6.67. The van der Waals surface area contributed by atoms with Gasteiger partial charge in [0.05, 0.1) is 11.3 Å². The lowest BCUT2D eigenvalue weighted by atomic mass is 10.2. The molecule has 1 aliphatic rings. The molecule has 0 unspecified atom stereocenters. The maximum atomic E-state index is 10.8. The summed E-state index contributed by atoms with van der Waals surface area (Å²) >= 11 is 0. The topological polar surface area (TPSA) is 75.1 Å². The van der Waals surface area contributed by atoms with Crippen molar-refractivity contribution in [2.75, 3.05) is 0 Å². The van der Waals surface area contributed by atoms with Crippen molar-refractivity contribution < 1.29 is 4.92 Å². The van der Waals surface area contributed by atoms with Crippen LogP contribution in [-0.4, -0.2) is 25.8 Å². The standard InChI is InChI=1S/C14H16N4O2/c19-18(20)14-3-1-2-11(6-14)8-17(13-4-5-13)9-12-7-15-10-16-12/h1-3,6-7,10,13H,4-5,8-9H2,(H,15,16). The van der Waals surface area contributed by atoms with E-state index in [1.54, 1.807) is 18.5 Å². The van der Waals surface area contributed by atoms with E-state index < -0.39 is 0 Å². The zero-order valence-electron chi connectivity index (χ0n) is 11.0. The molecule has 1 aromatic carbocycles. The molecule has 0 atom stereocenters. The summed E-state index contributed by atoms with van der Waals surface area (Å²) < 4.78 is 0. The van der Waals surface area contributed by atoms with Crippen LogP contribution in [0.1, 0.15) is 24.1 Å². The molecule has 1 aromatic heterocycles. The normalized spacial score (nSPS) is 14.7. The van der Waals surface area contributed by atoms with Gasteiger partial charge in [0.1, 0.15) is 0 Å². The quantitative estimate of drug-likeness (QED) is 0.647. The molecule has 6 nitrogen and oxygen atoms in total. The van der Waals surface area contributed by atoms with E-state index in [4.69, 9.17) is 0 Å². The Morgan fingerprint density at radius 3 is 2.90 bits per heavy atom. The van der Waals surface area contributed by atoms with Crippen molar-refractivity contribution in [2.45, 2.75) is 32.0 Å². The van der Waals surface area contributed by atoms with Gasteiger partial charge in [0.2, 0.25) is 0 Å². The van der Waals surface area contributed by atoms with Crippen LogP contribution in [-0.2, 0) is 13.1 Å². The molecule has 2 aromatic rings. The molecule has 1 N–H and O–H groups in total. The summed E-state index contributed by atoms with van der Waals surface area (Å²) in [7, 11) is 0. The molecular formula is C14H16N4O2. The highest BCUT2D eigenvalue weighted by Gasteiger charge is 2.29. The predicted octanol–water partition coefficient (Wildman–Crippen LogP) is 2.48. The van der Waals surface area contributed by atoms with E-state index in [9.17, 15) is 10.1 Å². The van der Waals surface area contributed by atoms with Gasteiger partial charge in [-0.2, -0.15) is 0 Å². The zero-order valence-corrected chi connectivity index (χ0v) is 11.0. The highest BCUT2D eigenvalue weighted by atomic mass is 16.6. The second-order valence-electron chi connectivity index (χ2n) is 5.14. The van der Waals surface area contributed by atoms with Crippen molar-refractivity contribution in [3.05, 3.63) is 58.2 Å². The largest absolute Gasteiger partial charge is 0.347 e. The lowest BCUT2D eigenvalue weighted by Crippen LogP contribution is -2.25. The number of benzene rings is 1. The minimum Gasteiger partial charge on any atom is -0.347 e. The summed E-state index contributed by atoms with van der Waals surface area (Å²) in [5.74, 6) is 0. The average molecular weight is 272 g/mol. The summed E-state index contributed by atoms with van der Waals surface area (Å²) in [6, 6.07) is 7.45. The van der Waals surface area contributed by atoms with Crippen molar-refractivity contribution in [2.24, 2.45) is 0 Å². The average Bonchev–Trinajstić information content (AvgIpc) is 3.17. The molecule has 0 radical (unpaired) electrons. The Morgan fingerprint density at radius 1 is 1.40 bits per heavy atom. The van der Waals surface area contributed by atoms with Gasteiger partial charge < -0.3 is 4.98 Å². The maximum absolute atomic E-state index is 10.8. The Bertz CT molecular complexity index is 593. The van der Waals surface area contributed by atoms with Gasteiger partial charge in [0.25, 0.3) is 5.69 Å². The van der Waals surface area contributed by atoms with Gasteiger partial charge in [-0.25, -0.2) is 4.98 Å². The molecule has 0 saturated heterocycles. The van der Waals surface area contributed by atoms with Crippen molar-refractivity contribution in [3.8, 4) is 0 Å². The van der Waals surface area contributed by atoms with Crippen molar-refractivity contribution >= 4 is 5.69 Å². The second-order valence-corrected chi connectivity index (χ2v) is 5.14. The monoisotopic (exact) mass is 272 g/mol. The van der Waals surface area contributed by atoms with Crippen LogP contribution in [0.3, 0.4) is 0 Å². The first-order valence-electron chi connectivity index (χ1n) is 6.67. The van der Waals surface area contributed by atoms with E-state index in [0.717, 1.165) is 24.3 Å². The molecule has 1 fully saturated rings. The molecular weight excluding hydrogens is 256 g/mol. The van der Waals surface area contributed by atoms with Crippen LogP contribution in [0.4, 0.5) is 5.69 Å². The number of rotatable bonds is 6. The van der Waals surface area contributed by atoms with E-state index >= 15 is 0 Å². The fraction of sp³-hybridized carbons (Fsp3) is 0.357. The molecule has 0 amide bonds. The molecule has 0 bridgehead atoms. The van der Waals surface area contributed by atoms with E-state index in [-0.39, 0.29) is 10.6 Å². The molecule has 1 aliphatic carbocycles. The highest BCUT2D eigenvalue weighted by molar-refractivity contribution is 5.34. The Kier molecular flexibility index (Phi) is 3.47. The first kappa shape index (κ1) is 12.8. The molecule has 6 heteroatoms. The van der Waals surface area contributed by atoms with E-state index in [2.05, 4.69) is 14.9 Å². The summed E-state index contributed by atoms with van der Waals surface area (Å²) in [4.78, 5) is 19.9. The molecule has 104 valence electrons. The number of nitrogens with one attached hydrogen (secondary N) is 1. The number of aromatic nitrogens is 2. The number of aromatic amines is 1. The lowest BCUT2D eigenvalue weighted by Gasteiger charge is -2.21. The lowest BCUT2D eigenvalue weighted by molar-refractivity contribution is -0.384. The van der Waals surface area contributed by atoms with Gasteiger partial charge >= 0.3 is 0 Å². The number of non-ortho nitro benzene ring substituents is 1. The first-order chi connectivity index (χ1) is 9.72. The zero-order chi connectivity index (χ0) is 13.9. The molecule has 0 spiro atoms. The Morgan fingerprint density at radius 2 is 2.25 bits per heavy atom. The number of nitro groups is 1. The minimum absolute atomic E-state index is 0.153. The summed E-state index contributed by atoms with van der Waals surface area (Å²) in [5.41, 5.74) is 2.20. The van der Waals surface area contributed by atoms with Gasteiger partial charge in [-0.3, -0.25) is 15.0 Å². The van der Waals surface area contributed by atoms with Gasteiger partial charge in [0.15, 0.2) is 0 Å². The second kappa shape index (κ2) is 5.42. The molecule has 0 aliphatic heterocycles. The molecule has 3 rings (SSSR count). The number of H-pyrrole nitrogens is 1. The van der Waals surface area contributed by atoms with Crippen LogP contribution in [0.2, 0.25) is 0 Å². The number of nitrogens with zero attached hydrogens (tertiary/aromatic N) is 3. The van der Waals surface area contributed by atoms with Crippen LogP contribution in [0, 0.1) is 10.1 Å². The van der Waals surface area contributed by atoms with Crippen molar-refractivity contribution in [1.29, 1.82) is 0 Å². The molecule has 20 heavy (non-hydrogen) atoms. The van der Waals surface area contributed by atoms with E-state index in [0.29, 0.717) is 6.04 Å². The van der Waals surface area contributed by atoms with Crippen LogP contribution >= 0.6 is 0 Å². The third-order valence-electron chi connectivity index (χ3n) is 3.50. The Hall–Kier alpha value is -2.21.